The molecule has 3 aromatic rings. The maximum atomic E-state index is 12.3. The largest absolute Gasteiger partial charge is 0.493 e. The number of aromatic nitrogens is 3. The van der Waals surface area contributed by atoms with Gasteiger partial charge in [-0.05, 0) is 66.7 Å². The van der Waals surface area contributed by atoms with E-state index in [0.29, 0.717) is 26.9 Å². The van der Waals surface area contributed by atoms with E-state index in [1.807, 2.05) is 0 Å². The van der Waals surface area contributed by atoms with Gasteiger partial charge in [0.15, 0.2) is 17.3 Å². The van der Waals surface area contributed by atoms with Crippen LogP contribution in [0.5, 0.6) is 11.5 Å². The fourth-order valence-corrected chi connectivity index (χ4v) is 2.87. The van der Waals surface area contributed by atoms with Gasteiger partial charge >= 0.3 is 5.97 Å². The van der Waals surface area contributed by atoms with Crippen molar-refractivity contribution in [3.05, 3.63) is 69.2 Å². The van der Waals surface area contributed by atoms with Crippen LogP contribution in [0.1, 0.15) is 35.1 Å². The minimum atomic E-state index is -0.504. The van der Waals surface area contributed by atoms with Crippen molar-refractivity contribution in [2.24, 2.45) is 5.10 Å². The summed E-state index contributed by atoms with van der Waals surface area (Å²) < 4.78 is 12.8. The number of ether oxygens (including phenoxy) is 2. The third-order valence-electron chi connectivity index (χ3n) is 3.98. The molecule has 29 heavy (non-hydrogen) atoms. The van der Waals surface area contributed by atoms with Crippen LogP contribution in [0, 0.1) is 4.77 Å². The number of hydrogen-bond acceptors (Lipinski definition) is 6. The topological polar surface area (TPSA) is 81.5 Å². The van der Waals surface area contributed by atoms with Crippen molar-refractivity contribution in [1.29, 1.82) is 0 Å². The number of carbonyl (C=O) groups is 1. The molecule has 0 saturated heterocycles. The Bertz CT molecular complexity index is 1090. The van der Waals surface area contributed by atoms with E-state index in [4.69, 9.17) is 33.3 Å². The molecule has 0 aliphatic rings. The Hall–Kier alpha value is -2.97. The average molecular weight is 431 g/mol. The molecule has 0 saturated carbocycles. The highest BCUT2D eigenvalue weighted by molar-refractivity contribution is 7.71. The van der Waals surface area contributed by atoms with Crippen molar-refractivity contribution in [3.63, 3.8) is 0 Å². The molecule has 3 rings (SSSR count). The molecule has 150 valence electrons. The number of hydrogen-bond donors (Lipinski definition) is 1. The van der Waals surface area contributed by atoms with Crippen LogP contribution in [0.15, 0.2) is 47.6 Å². The maximum Gasteiger partial charge on any atom is 0.343 e. The van der Waals surface area contributed by atoms with Gasteiger partial charge in [0, 0.05) is 11.4 Å². The molecule has 1 heterocycles. The third-order valence-corrected chi connectivity index (χ3v) is 4.50. The van der Waals surface area contributed by atoms with Gasteiger partial charge < -0.3 is 9.47 Å². The van der Waals surface area contributed by atoms with Gasteiger partial charge in [0.2, 0.25) is 4.77 Å². The molecule has 0 spiro atoms. The minimum absolute atomic E-state index is 0.302. The first-order valence-electron chi connectivity index (χ1n) is 8.88. The van der Waals surface area contributed by atoms with Crippen molar-refractivity contribution < 1.29 is 14.3 Å². The lowest BCUT2D eigenvalue weighted by atomic mass is 10.2. The summed E-state index contributed by atoms with van der Waals surface area (Å²) in [6.07, 6.45) is 3.32. The van der Waals surface area contributed by atoms with Crippen molar-refractivity contribution in [2.75, 3.05) is 7.11 Å². The molecule has 0 amide bonds. The Morgan fingerprint density at radius 3 is 2.72 bits per heavy atom. The molecular weight excluding hydrogens is 412 g/mol. The summed E-state index contributed by atoms with van der Waals surface area (Å²) in [5, 5.41) is 11.9. The highest BCUT2D eigenvalue weighted by atomic mass is 35.5. The van der Waals surface area contributed by atoms with Gasteiger partial charge in [-0.3, -0.25) is 5.10 Å². The second-order valence-corrected chi connectivity index (χ2v) is 6.88. The molecule has 9 heteroatoms. The van der Waals surface area contributed by atoms with Gasteiger partial charge in [0.1, 0.15) is 0 Å². The van der Waals surface area contributed by atoms with Crippen LogP contribution in [0.3, 0.4) is 0 Å². The molecule has 0 unspecified atom stereocenters. The normalized spacial score (nSPS) is 11.0. The number of aromatic amines is 1. The van der Waals surface area contributed by atoms with E-state index in [2.05, 4.69) is 22.2 Å². The number of benzene rings is 2. The molecule has 0 aliphatic carbocycles. The van der Waals surface area contributed by atoms with E-state index in [0.717, 1.165) is 24.2 Å². The summed E-state index contributed by atoms with van der Waals surface area (Å²) in [6.45, 7) is 2.06. The van der Waals surface area contributed by atoms with E-state index < -0.39 is 5.97 Å². The Balaban J connectivity index is 1.80. The minimum Gasteiger partial charge on any atom is -0.493 e. The summed E-state index contributed by atoms with van der Waals surface area (Å²) in [5.74, 6) is 0.960. The van der Waals surface area contributed by atoms with E-state index in [1.54, 1.807) is 53.4 Å². The number of nitrogens with one attached hydrogen (secondary N) is 1. The van der Waals surface area contributed by atoms with Crippen molar-refractivity contribution in [1.82, 2.24) is 14.9 Å². The first kappa shape index (κ1) is 20.8. The van der Waals surface area contributed by atoms with Crippen molar-refractivity contribution in [3.8, 4) is 11.5 Å². The zero-order valence-electron chi connectivity index (χ0n) is 15.9. The Kier molecular flexibility index (Phi) is 6.79. The van der Waals surface area contributed by atoms with Crippen LogP contribution < -0.4 is 9.47 Å². The quantitative estimate of drug-likeness (QED) is 0.255. The highest BCUT2D eigenvalue weighted by Gasteiger charge is 2.13. The van der Waals surface area contributed by atoms with E-state index in [1.165, 1.54) is 7.11 Å². The Morgan fingerprint density at radius 2 is 2.03 bits per heavy atom. The van der Waals surface area contributed by atoms with E-state index >= 15 is 0 Å². The average Bonchev–Trinajstić information content (AvgIpc) is 3.07. The van der Waals surface area contributed by atoms with Gasteiger partial charge in [0.05, 0.1) is 18.9 Å². The number of methoxy groups -OCH3 is 1. The predicted molar refractivity (Wildman–Crippen MR) is 114 cm³/mol. The molecule has 2 aromatic carbocycles. The van der Waals surface area contributed by atoms with Gasteiger partial charge in [-0.25, -0.2) is 4.79 Å². The second-order valence-electron chi connectivity index (χ2n) is 6.06. The highest BCUT2D eigenvalue weighted by Crippen LogP contribution is 2.28. The lowest BCUT2D eigenvalue weighted by molar-refractivity contribution is 0.0729. The molecule has 0 bridgehead atoms. The molecule has 0 aliphatic heterocycles. The second kappa shape index (κ2) is 9.49. The Morgan fingerprint density at radius 1 is 1.28 bits per heavy atom. The smallest absolute Gasteiger partial charge is 0.343 e. The number of aryl methyl sites for hydroxylation is 1. The van der Waals surface area contributed by atoms with Crippen molar-refractivity contribution in [2.45, 2.75) is 19.8 Å². The molecule has 1 N–H and O–H groups in total. The number of rotatable bonds is 7. The van der Waals surface area contributed by atoms with Gasteiger partial charge in [-0.2, -0.15) is 14.9 Å². The monoisotopic (exact) mass is 430 g/mol. The van der Waals surface area contributed by atoms with Crippen LogP contribution in [0.4, 0.5) is 0 Å². The summed E-state index contributed by atoms with van der Waals surface area (Å²) in [5.41, 5.74) is 1.14. The first-order valence-corrected chi connectivity index (χ1v) is 9.67. The van der Waals surface area contributed by atoms with Crippen LogP contribution >= 0.6 is 23.8 Å². The summed E-state index contributed by atoms with van der Waals surface area (Å²) in [4.78, 5) is 12.3. The molecule has 0 atom stereocenters. The van der Waals surface area contributed by atoms with E-state index in [9.17, 15) is 4.79 Å². The molecular formula is C20H19ClN4O3S. The molecule has 7 nitrogen and oxygen atoms in total. The summed E-state index contributed by atoms with van der Waals surface area (Å²) >= 11 is 11.1. The van der Waals surface area contributed by atoms with Gasteiger partial charge in [-0.15, -0.1) is 0 Å². The molecule has 0 radical (unpaired) electrons. The predicted octanol–water partition coefficient (Wildman–Crippen LogP) is 4.66. The first-order chi connectivity index (χ1) is 14.0. The van der Waals surface area contributed by atoms with Crippen LogP contribution in [0.2, 0.25) is 5.02 Å². The zero-order valence-corrected chi connectivity index (χ0v) is 17.5. The SMILES string of the molecule is CCCc1n[nH]c(=S)n1/N=C/c1ccc(OC(=O)c2ccc(Cl)cc2)c(OC)c1. The standard InChI is InChI=1S/C20H19ClN4O3S/c1-3-4-18-23-24-20(29)25(18)22-12-13-5-10-16(17(11-13)27-2)28-19(26)14-6-8-15(21)9-7-14/h5-12H,3-4H2,1-2H3,(H,24,29)/b22-12+. The number of H-pyrrole nitrogens is 1. The summed E-state index contributed by atoms with van der Waals surface area (Å²) in [6, 6.07) is 11.6. The lowest BCUT2D eigenvalue weighted by Gasteiger charge is -2.10. The number of esters is 1. The van der Waals surface area contributed by atoms with Crippen LogP contribution in [0.25, 0.3) is 0 Å². The zero-order chi connectivity index (χ0) is 20.8. The molecule has 1 aromatic heterocycles. The summed E-state index contributed by atoms with van der Waals surface area (Å²) in [7, 11) is 1.50. The Labute approximate surface area is 177 Å². The van der Waals surface area contributed by atoms with Crippen LogP contribution in [-0.2, 0) is 6.42 Å². The molecule has 0 fully saturated rings. The van der Waals surface area contributed by atoms with Gasteiger partial charge in [0.25, 0.3) is 0 Å². The third kappa shape index (κ3) is 5.10. The number of nitrogens with zero attached hydrogens (tertiary/aromatic N) is 3. The van der Waals surface area contributed by atoms with Crippen LogP contribution in [-0.4, -0.2) is 34.2 Å². The number of carbonyl (C=O) groups excluding carboxylic acids is 1. The van der Waals surface area contributed by atoms with Crippen molar-refractivity contribution >= 4 is 36.0 Å². The van der Waals surface area contributed by atoms with E-state index in [-0.39, 0.29) is 0 Å². The fourth-order valence-electron chi connectivity index (χ4n) is 2.55. The van der Waals surface area contributed by atoms with Gasteiger partial charge in [-0.1, -0.05) is 18.5 Å². The number of halogens is 1. The lowest BCUT2D eigenvalue weighted by Crippen LogP contribution is -2.09. The maximum absolute atomic E-state index is 12.3. The fraction of sp³-hybridized carbons (Fsp3) is 0.200.